The summed E-state index contributed by atoms with van der Waals surface area (Å²) in [5, 5.41) is 3.36. The van der Waals surface area contributed by atoms with E-state index in [0.717, 1.165) is 26.1 Å². The first kappa shape index (κ1) is 20.6. The molecule has 0 saturated carbocycles. The molecule has 28 heavy (non-hydrogen) atoms. The molecule has 0 spiro atoms. The van der Waals surface area contributed by atoms with Crippen molar-refractivity contribution in [2.75, 3.05) is 39.3 Å². The van der Waals surface area contributed by atoms with E-state index in [2.05, 4.69) is 34.5 Å². The topological polar surface area (TPSA) is 52.7 Å². The summed E-state index contributed by atoms with van der Waals surface area (Å²) in [5.74, 6) is -0.412. The second-order valence-electron chi connectivity index (χ2n) is 6.77. The third-order valence-electron chi connectivity index (χ3n) is 4.87. The van der Waals surface area contributed by atoms with Gasteiger partial charge in [-0.1, -0.05) is 53.5 Å². The van der Waals surface area contributed by atoms with Gasteiger partial charge in [0, 0.05) is 38.3 Å². The summed E-state index contributed by atoms with van der Waals surface area (Å²) in [6, 6.07) is 15.0. The summed E-state index contributed by atoms with van der Waals surface area (Å²) in [7, 11) is 0. The Hall–Kier alpha value is -2.08. The van der Waals surface area contributed by atoms with Gasteiger partial charge in [-0.15, -0.1) is 0 Å². The minimum Gasteiger partial charge on any atom is -0.343 e. The number of piperazine rings is 1. The van der Waals surface area contributed by atoms with Gasteiger partial charge in [0.1, 0.15) is 0 Å². The van der Waals surface area contributed by atoms with E-state index in [1.165, 1.54) is 11.6 Å². The molecule has 2 aromatic rings. The van der Waals surface area contributed by atoms with Gasteiger partial charge in [0.25, 0.3) is 5.91 Å². The molecule has 0 bridgehead atoms. The largest absolute Gasteiger partial charge is 0.343 e. The van der Waals surface area contributed by atoms with E-state index in [-0.39, 0.29) is 18.4 Å². The molecule has 2 aromatic carbocycles. The van der Waals surface area contributed by atoms with Crippen LogP contribution in [0.25, 0.3) is 0 Å². The Morgan fingerprint density at radius 2 is 1.64 bits per heavy atom. The average Bonchev–Trinajstić information content (AvgIpc) is 2.73. The fraction of sp³-hybridized carbons (Fsp3) is 0.333. The second kappa shape index (κ2) is 9.92. The van der Waals surface area contributed by atoms with Crippen LogP contribution in [0.3, 0.4) is 0 Å². The lowest BCUT2D eigenvalue weighted by atomic mass is 10.1. The fourth-order valence-corrected chi connectivity index (χ4v) is 3.46. The van der Waals surface area contributed by atoms with Crippen LogP contribution >= 0.6 is 23.2 Å². The number of hydrogen-bond donors (Lipinski definition) is 1. The highest BCUT2D eigenvalue weighted by Gasteiger charge is 2.21. The molecule has 1 heterocycles. The van der Waals surface area contributed by atoms with Gasteiger partial charge in [0.05, 0.1) is 16.6 Å². The number of nitrogens with one attached hydrogen (secondary N) is 1. The molecule has 1 aliphatic rings. The SMILES string of the molecule is O=C(NCC(=O)N1CCN(CCc2ccccc2)CC1)c1ccc(Cl)c(Cl)c1. The minimum absolute atomic E-state index is 0.0247. The smallest absolute Gasteiger partial charge is 0.251 e. The van der Waals surface area contributed by atoms with Crippen molar-refractivity contribution < 1.29 is 9.59 Å². The highest BCUT2D eigenvalue weighted by atomic mass is 35.5. The molecule has 0 unspecified atom stereocenters. The molecule has 148 valence electrons. The molecule has 1 fully saturated rings. The van der Waals surface area contributed by atoms with Crippen LogP contribution in [0.5, 0.6) is 0 Å². The summed E-state index contributed by atoms with van der Waals surface area (Å²) >= 11 is 11.8. The van der Waals surface area contributed by atoms with Crippen molar-refractivity contribution in [3.8, 4) is 0 Å². The molecule has 1 aliphatic heterocycles. The molecule has 2 amide bonds. The first-order chi connectivity index (χ1) is 13.5. The van der Waals surface area contributed by atoms with Gasteiger partial charge in [-0.3, -0.25) is 14.5 Å². The first-order valence-corrected chi connectivity index (χ1v) is 10.1. The molecule has 1 saturated heterocycles. The predicted octanol–water partition coefficient (Wildman–Crippen LogP) is 3.11. The summed E-state index contributed by atoms with van der Waals surface area (Å²) < 4.78 is 0. The Labute approximate surface area is 175 Å². The van der Waals surface area contributed by atoms with Crippen LogP contribution in [0.15, 0.2) is 48.5 Å². The van der Waals surface area contributed by atoms with Gasteiger partial charge in [0.15, 0.2) is 0 Å². The van der Waals surface area contributed by atoms with Crippen LogP contribution in [0.1, 0.15) is 15.9 Å². The highest BCUT2D eigenvalue weighted by Crippen LogP contribution is 2.22. The Morgan fingerprint density at radius 3 is 2.32 bits per heavy atom. The maximum atomic E-state index is 12.4. The number of benzene rings is 2. The summed E-state index contributed by atoms with van der Waals surface area (Å²) in [6.45, 7) is 4.01. The van der Waals surface area contributed by atoms with Crippen molar-refractivity contribution in [3.05, 3.63) is 69.7 Å². The van der Waals surface area contributed by atoms with Crippen LogP contribution in [0.4, 0.5) is 0 Å². The van der Waals surface area contributed by atoms with Gasteiger partial charge >= 0.3 is 0 Å². The van der Waals surface area contributed by atoms with Crippen molar-refractivity contribution in [1.82, 2.24) is 15.1 Å². The second-order valence-corrected chi connectivity index (χ2v) is 7.58. The number of halogens is 2. The van der Waals surface area contributed by atoms with Gasteiger partial charge in [-0.05, 0) is 30.2 Å². The molecule has 0 radical (unpaired) electrons. The summed E-state index contributed by atoms with van der Waals surface area (Å²) in [4.78, 5) is 28.7. The van der Waals surface area contributed by atoms with Gasteiger partial charge < -0.3 is 10.2 Å². The Bertz CT molecular complexity index is 822. The lowest BCUT2D eigenvalue weighted by molar-refractivity contribution is -0.131. The number of hydrogen-bond acceptors (Lipinski definition) is 3. The number of nitrogens with zero attached hydrogens (tertiary/aromatic N) is 2. The summed E-state index contributed by atoms with van der Waals surface area (Å²) in [6.07, 6.45) is 1.01. The average molecular weight is 420 g/mol. The monoisotopic (exact) mass is 419 g/mol. The molecule has 5 nitrogen and oxygen atoms in total. The third-order valence-corrected chi connectivity index (χ3v) is 5.61. The van der Waals surface area contributed by atoms with Crippen molar-refractivity contribution in [3.63, 3.8) is 0 Å². The van der Waals surface area contributed by atoms with E-state index in [1.807, 2.05) is 6.07 Å². The van der Waals surface area contributed by atoms with E-state index in [0.29, 0.717) is 28.7 Å². The number of rotatable bonds is 6. The molecule has 7 heteroatoms. The van der Waals surface area contributed by atoms with Gasteiger partial charge in [0.2, 0.25) is 5.91 Å². The normalized spacial score (nSPS) is 14.7. The molecule has 1 N–H and O–H groups in total. The van der Waals surface area contributed by atoms with E-state index < -0.39 is 0 Å². The van der Waals surface area contributed by atoms with Gasteiger partial charge in [-0.2, -0.15) is 0 Å². The molecular formula is C21H23Cl2N3O2. The lowest BCUT2D eigenvalue weighted by Gasteiger charge is -2.34. The van der Waals surface area contributed by atoms with E-state index >= 15 is 0 Å². The van der Waals surface area contributed by atoms with Crippen LogP contribution in [-0.2, 0) is 11.2 Å². The molecule has 0 aromatic heterocycles. The van der Waals surface area contributed by atoms with Crippen molar-refractivity contribution in [2.24, 2.45) is 0 Å². The van der Waals surface area contributed by atoms with Crippen molar-refractivity contribution in [2.45, 2.75) is 6.42 Å². The van der Waals surface area contributed by atoms with Gasteiger partial charge in [-0.25, -0.2) is 0 Å². The zero-order valence-electron chi connectivity index (χ0n) is 15.5. The standard InChI is InChI=1S/C21H23Cl2N3O2/c22-18-7-6-17(14-19(18)23)21(28)24-15-20(27)26-12-10-25(11-13-26)9-8-16-4-2-1-3-5-16/h1-7,14H,8-13,15H2,(H,24,28). The zero-order chi connectivity index (χ0) is 19.9. The van der Waals surface area contributed by atoms with E-state index in [1.54, 1.807) is 17.0 Å². The fourth-order valence-electron chi connectivity index (χ4n) is 3.16. The van der Waals surface area contributed by atoms with E-state index in [9.17, 15) is 9.59 Å². The number of carbonyl (C=O) groups is 2. The minimum atomic E-state index is -0.339. The van der Waals surface area contributed by atoms with Crippen LogP contribution in [-0.4, -0.2) is 60.9 Å². The first-order valence-electron chi connectivity index (χ1n) is 9.30. The Kier molecular flexibility index (Phi) is 7.31. The molecular weight excluding hydrogens is 397 g/mol. The van der Waals surface area contributed by atoms with Crippen LogP contribution in [0, 0.1) is 0 Å². The quantitative estimate of drug-likeness (QED) is 0.782. The van der Waals surface area contributed by atoms with E-state index in [4.69, 9.17) is 23.2 Å². The van der Waals surface area contributed by atoms with Crippen LogP contribution in [0.2, 0.25) is 10.0 Å². The predicted molar refractivity (Wildman–Crippen MR) is 112 cm³/mol. The Morgan fingerprint density at radius 1 is 0.929 bits per heavy atom. The molecule has 0 atom stereocenters. The van der Waals surface area contributed by atoms with Crippen LogP contribution < -0.4 is 5.32 Å². The highest BCUT2D eigenvalue weighted by molar-refractivity contribution is 6.42. The molecule has 3 rings (SSSR count). The van der Waals surface area contributed by atoms with Crippen molar-refractivity contribution >= 4 is 35.0 Å². The summed E-state index contributed by atoms with van der Waals surface area (Å²) in [5.41, 5.74) is 1.71. The Balaban J connectivity index is 1.40. The maximum absolute atomic E-state index is 12.4. The number of amides is 2. The van der Waals surface area contributed by atoms with Crippen molar-refractivity contribution in [1.29, 1.82) is 0 Å². The number of carbonyl (C=O) groups excluding carboxylic acids is 2. The third kappa shape index (κ3) is 5.71. The lowest BCUT2D eigenvalue weighted by Crippen LogP contribution is -2.51. The maximum Gasteiger partial charge on any atom is 0.251 e. The molecule has 0 aliphatic carbocycles. The zero-order valence-corrected chi connectivity index (χ0v) is 17.0.